The normalized spacial score (nSPS) is 20.6. The molecule has 0 aromatic heterocycles. The molecule has 0 aromatic rings. The van der Waals surface area contributed by atoms with Gasteiger partial charge in [0.1, 0.15) is 6.04 Å². The molecule has 0 saturated carbocycles. The number of hydrogen-bond acceptors (Lipinski definition) is 2. The van der Waals surface area contributed by atoms with E-state index in [1.54, 1.807) is 25.7 Å². The molecule has 18 heavy (non-hydrogen) atoms. The monoisotopic (exact) mass is 256 g/mol. The van der Waals surface area contributed by atoms with Crippen molar-refractivity contribution >= 4 is 12.0 Å². The van der Waals surface area contributed by atoms with Crippen LogP contribution in [0.5, 0.6) is 0 Å². The summed E-state index contributed by atoms with van der Waals surface area (Å²) in [6.07, 6.45) is 0.952. The lowest BCUT2D eigenvalue weighted by Gasteiger charge is -2.30. The summed E-state index contributed by atoms with van der Waals surface area (Å²) in [7, 11) is 0. The summed E-state index contributed by atoms with van der Waals surface area (Å²) in [5.74, 6) is -0.991. The largest absolute Gasteiger partial charge is 0.480 e. The number of likely N-dealkylation sites (tertiary alicyclic amines) is 1. The second-order valence-electron chi connectivity index (χ2n) is 6.92. The third kappa shape index (κ3) is 3.62. The van der Waals surface area contributed by atoms with Gasteiger partial charge in [0.15, 0.2) is 0 Å². The number of carbonyl (C=O) groups excluding carboxylic acids is 1. The van der Waals surface area contributed by atoms with Gasteiger partial charge >= 0.3 is 12.0 Å². The van der Waals surface area contributed by atoms with Crippen molar-refractivity contribution in [3.05, 3.63) is 0 Å². The first-order chi connectivity index (χ1) is 8.03. The summed E-state index contributed by atoms with van der Waals surface area (Å²) in [4.78, 5) is 24.9. The van der Waals surface area contributed by atoms with E-state index in [1.165, 1.54) is 0 Å². The average Bonchev–Trinajstić information content (AvgIpc) is 2.52. The van der Waals surface area contributed by atoms with Gasteiger partial charge in [-0.15, -0.1) is 0 Å². The fraction of sp³-hybridized carbons (Fsp3) is 0.846. The van der Waals surface area contributed by atoms with E-state index in [1.807, 2.05) is 0 Å². The Hall–Kier alpha value is -1.26. The van der Waals surface area contributed by atoms with Gasteiger partial charge in [-0.1, -0.05) is 34.6 Å². The second kappa shape index (κ2) is 4.78. The zero-order valence-corrected chi connectivity index (χ0v) is 11.9. The van der Waals surface area contributed by atoms with Crippen LogP contribution in [0.25, 0.3) is 0 Å². The van der Waals surface area contributed by atoms with Crippen molar-refractivity contribution in [1.29, 1.82) is 0 Å². The molecule has 0 bridgehead atoms. The molecular formula is C13H24N2O3. The molecule has 0 aromatic carbocycles. The van der Waals surface area contributed by atoms with Crippen LogP contribution in [0.15, 0.2) is 0 Å². The highest BCUT2D eigenvalue weighted by Crippen LogP contribution is 2.29. The molecule has 1 heterocycles. The number of aliphatic carboxylic acids is 1. The highest BCUT2D eigenvalue weighted by Gasteiger charge is 2.37. The number of carbonyl (C=O) groups is 2. The van der Waals surface area contributed by atoms with Gasteiger partial charge in [0.05, 0.1) is 0 Å². The maximum atomic E-state index is 12.0. The minimum atomic E-state index is -0.991. The third-order valence-corrected chi connectivity index (χ3v) is 3.35. The average molecular weight is 256 g/mol. The van der Waals surface area contributed by atoms with Crippen molar-refractivity contribution in [2.45, 2.75) is 47.1 Å². The quantitative estimate of drug-likeness (QED) is 0.793. The lowest BCUT2D eigenvalue weighted by atomic mass is 9.87. The number of amides is 2. The van der Waals surface area contributed by atoms with Gasteiger partial charge in [0.2, 0.25) is 0 Å². The number of carboxylic acids is 1. The molecule has 0 aliphatic carbocycles. The number of rotatable bonds is 2. The van der Waals surface area contributed by atoms with Gasteiger partial charge in [0, 0.05) is 13.1 Å². The molecular weight excluding hydrogens is 232 g/mol. The second-order valence-corrected chi connectivity index (χ2v) is 6.92. The van der Waals surface area contributed by atoms with Crippen molar-refractivity contribution in [2.75, 3.05) is 13.1 Å². The maximum absolute atomic E-state index is 12.0. The summed E-state index contributed by atoms with van der Waals surface area (Å²) in [6.45, 7) is 11.0. The summed E-state index contributed by atoms with van der Waals surface area (Å²) in [5.41, 5.74) is -0.380. The SMILES string of the molecule is CC1(C)CCN(C(=O)N[C@H](C(=O)O)C(C)(C)C)C1. The summed E-state index contributed by atoms with van der Waals surface area (Å²) < 4.78 is 0. The molecule has 5 nitrogen and oxygen atoms in total. The Morgan fingerprint density at radius 1 is 1.33 bits per heavy atom. The van der Waals surface area contributed by atoms with E-state index in [-0.39, 0.29) is 11.4 Å². The van der Waals surface area contributed by atoms with Gasteiger partial charge in [-0.25, -0.2) is 9.59 Å². The molecule has 0 unspecified atom stereocenters. The van der Waals surface area contributed by atoms with Crippen LogP contribution in [0.1, 0.15) is 41.0 Å². The van der Waals surface area contributed by atoms with Crippen LogP contribution in [0.4, 0.5) is 4.79 Å². The fourth-order valence-electron chi connectivity index (χ4n) is 2.15. The van der Waals surface area contributed by atoms with Gasteiger partial charge in [-0.3, -0.25) is 0 Å². The Balaban J connectivity index is 2.66. The smallest absolute Gasteiger partial charge is 0.326 e. The first kappa shape index (κ1) is 14.8. The Kier molecular flexibility index (Phi) is 3.93. The lowest BCUT2D eigenvalue weighted by Crippen LogP contribution is -2.53. The van der Waals surface area contributed by atoms with Crippen molar-refractivity contribution < 1.29 is 14.7 Å². The highest BCUT2D eigenvalue weighted by atomic mass is 16.4. The van der Waals surface area contributed by atoms with Crippen LogP contribution in [0.2, 0.25) is 0 Å². The molecule has 0 spiro atoms. The lowest BCUT2D eigenvalue weighted by molar-refractivity contribution is -0.142. The zero-order chi connectivity index (χ0) is 14.1. The van der Waals surface area contributed by atoms with Crippen LogP contribution >= 0.6 is 0 Å². The standard InChI is InChI=1S/C13H24N2O3/c1-12(2,3)9(10(16)17)14-11(18)15-7-6-13(4,5)8-15/h9H,6-8H2,1-5H3,(H,14,18)(H,16,17)/t9-/m1/s1. The van der Waals surface area contributed by atoms with E-state index >= 15 is 0 Å². The van der Waals surface area contributed by atoms with Crippen LogP contribution in [-0.4, -0.2) is 41.1 Å². The van der Waals surface area contributed by atoms with E-state index in [2.05, 4.69) is 19.2 Å². The number of hydrogen-bond donors (Lipinski definition) is 2. The van der Waals surface area contributed by atoms with E-state index < -0.39 is 17.4 Å². The molecule has 1 aliphatic rings. The van der Waals surface area contributed by atoms with E-state index in [9.17, 15) is 14.7 Å². The molecule has 5 heteroatoms. The molecule has 2 amide bonds. The van der Waals surface area contributed by atoms with Crippen LogP contribution < -0.4 is 5.32 Å². The topological polar surface area (TPSA) is 69.6 Å². The molecule has 2 N–H and O–H groups in total. The van der Waals surface area contributed by atoms with Gasteiger partial charge < -0.3 is 15.3 Å². The Morgan fingerprint density at radius 3 is 2.22 bits per heavy atom. The number of nitrogens with zero attached hydrogens (tertiary/aromatic N) is 1. The molecule has 1 saturated heterocycles. The Labute approximate surface area is 109 Å². The van der Waals surface area contributed by atoms with Gasteiger partial charge in [-0.2, -0.15) is 0 Å². The summed E-state index contributed by atoms with van der Waals surface area (Å²) in [5, 5.41) is 11.8. The van der Waals surface area contributed by atoms with E-state index in [4.69, 9.17) is 0 Å². The van der Waals surface area contributed by atoms with E-state index in [0.29, 0.717) is 13.1 Å². The predicted octanol–water partition coefficient (Wildman–Crippen LogP) is 1.93. The minimum Gasteiger partial charge on any atom is -0.480 e. The maximum Gasteiger partial charge on any atom is 0.326 e. The summed E-state index contributed by atoms with van der Waals surface area (Å²) >= 11 is 0. The van der Waals surface area contributed by atoms with Crippen molar-refractivity contribution in [1.82, 2.24) is 10.2 Å². The predicted molar refractivity (Wildman–Crippen MR) is 69.4 cm³/mol. The molecule has 1 fully saturated rings. The molecule has 104 valence electrons. The molecule has 0 radical (unpaired) electrons. The van der Waals surface area contributed by atoms with Gasteiger partial charge in [-0.05, 0) is 17.3 Å². The molecule has 1 aliphatic heterocycles. The zero-order valence-electron chi connectivity index (χ0n) is 11.9. The van der Waals surface area contributed by atoms with Crippen molar-refractivity contribution in [3.63, 3.8) is 0 Å². The van der Waals surface area contributed by atoms with Crippen molar-refractivity contribution in [3.8, 4) is 0 Å². The Bertz CT molecular complexity index is 345. The first-order valence-corrected chi connectivity index (χ1v) is 6.31. The first-order valence-electron chi connectivity index (χ1n) is 6.31. The molecule has 1 atom stereocenters. The summed E-state index contributed by atoms with van der Waals surface area (Å²) in [6, 6.07) is -1.14. The number of urea groups is 1. The minimum absolute atomic E-state index is 0.123. The Morgan fingerprint density at radius 2 is 1.89 bits per heavy atom. The van der Waals surface area contributed by atoms with Gasteiger partial charge in [0.25, 0.3) is 0 Å². The van der Waals surface area contributed by atoms with Crippen LogP contribution in [0, 0.1) is 10.8 Å². The fourth-order valence-corrected chi connectivity index (χ4v) is 2.15. The van der Waals surface area contributed by atoms with Crippen LogP contribution in [0.3, 0.4) is 0 Å². The van der Waals surface area contributed by atoms with Crippen molar-refractivity contribution in [2.24, 2.45) is 10.8 Å². The number of carboxylic acid groups (broad SMARTS) is 1. The highest BCUT2D eigenvalue weighted by molar-refractivity contribution is 5.83. The van der Waals surface area contributed by atoms with E-state index in [0.717, 1.165) is 6.42 Å². The number of nitrogens with one attached hydrogen (secondary N) is 1. The third-order valence-electron chi connectivity index (χ3n) is 3.35. The van der Waals surface area contributed by atoms with Crippen LogP contribution in [-0.2, 0) is 4.79 Å². The molecule has 1 rings (SSSR count).